The topological polar surface area (TPSA) is 28.2 Å². The van der Waals surface area contributed by atoms with E-state index >= 15 is 0 Å². The summed E-state index contributed by atoms with van der Waals surface area (Å²) in [5.74, 6) is 0. The molecule has 2 aromatic carbocycles. The van der Waals surface area contributed by atoms with Crippen LogP contribution < -0.4 is 0 Å². The Morgan fingerprint density at radius 1 is 0.950 bits per heavy atom. The minimum Gasteiger partial charge on any atom is -0.308 e. The number of nitriles is 1. The smallest absolute Gasteiger partial charge is 0.102 e. The number of aryl methyl sites for hydroxylation is 1. The summed E-state index contributed by atoms with van der Waals surface area (Å²) < 4.78 is 2.21. The number of pyridine rings is 1. The molecule has 0 aliphatic rings. The summed E-state index contributed by atoms with van der Waals surface area (Å²) >= 11 is 0. The van der Waals surface area contributed by atoms with Crippen molar-refractivity contribution in [1.29, 1.82) is 5.26 Å². The molecule has 0 amide bonds. The van der Waals surface area contributed by atoms with Crippen LogP contribution in [0.4, 0.5) is 0 Å². The Kier molecular flexibility index (Phi) is 2.13. The fourth-order valence-electron chi connectivity index (χ4n) is 3.09. The highest BCUT2D eigenvalue weighted by molar-refractivity contribution is 6.01. The Labute approximate surface area is 116 Å². The summed E-state index contributed by atoms with van der Waals surface area (Å²) in [6, 6.07) is 20.9. The number of fused-ring (bicyclic) bond motifs is 5. The maximum absolute atomic E-state index is 9.56. The van der Waals surface area contributed by atoms with Gasteiger partial charge in [0.05, 0.1) is 22.1 Å². The van der Waals surface area contributed by atoms with Crippen molar-refractivity contribution < 1.29 is 0 Å². The summed E-state index contributed by atoms with van der Waals surface area (Å²) in [5.41, 5.74) is 5.16. The van der Waals surface area contributed by atoms with E-state index in [1.54, 1.807) is 0 Å². The van der Waals surface area contributed by atoms with Gasteiger partial charge in [0.2, 0.25) is 0 Å². The highest BCUT2D eigenvalue weighted by Crippen LogP contribution is 2.32. The number of rotatable bonds is 0. The Morgan fingerprint density at radius 2 is 1.65 bits per heavy atom. The van der Waals surface area contributed by atoms with Crippen LogP contribution in [0.1, 0.15) is 11.1 Å². The van der Waals surface area contributed by atoms with Crippen molar-refractivity contribution in [3.8, 4) is 6.07 Å². The van der Waals surface area contributed by atoms with E-state index in [1.807, 2.05) is 30.3 Å². The van der Waals surface area contributed by atoms with E-state index in [4.69, 9.17) is 0 Å². The molecule has 0 N–H and O–H groups in total. The number of nitrogens with zero attached hydrogens (tertiary/aromatic N) is 2. The molecule has 0 aliphatic heterocycles. The third kappa shape index (κ3) is 1.27. The van der Waals surface area contributed by atoms with E-state index in [1.165, 1.54) is 5.39 Å². The van der Waals surface area contributed by atoms with Crippen LogP contribution in [0.3, 0.4) is 0 Å². The zero-order valence-corrected chi connectivity index (χ0v) is 11.1. The molecule has 0 fully saturated rings. The quantitative estimate of drug-likeness (QED) is 0.457. The Morgan fingerprint density at radius 3 is 2.45 bits per heavy atom. The van der Waals surface area contributed by atoms with Gasteiger partial charge < -0.3 is 4.40 Å². The van der Waals surface area contributed by atoms with Gasteiger partial charge >= 0.3 is 0 Å². The van der Waals surface area contributed by atoms with Crippen molar-refractivity contribution >= 4 is 27.3 Å². The molecule has 2 heteroatoms. The Hall–Kier alpha value is -2.79. The molecule has 94 valence electrons. The molecule has 0 aliphatic carbocycles. The second kappa shape index (κ2) is 3.85. The first-order valence-electron chi connectivity index (χ1n) is 6.63. The molecule has 2 nitrogen and oxygen atoms in total. The van der Waals surface area contributed by atoms with Gasteiger partial charge in [0, 0.05) is 5.39 Å². The molecule has 0 bridgehead atoms. The summed E-state index contributed by atoms with van der Waals surface area (Å²) in [6.45, 7) is 2.07. The highest BCUT2D eigenvalue weighted by Gasteiger charge is 2.15. The molecule has 2 aromatic heterocycles. The molecular formula is C18H12N2. The molecule has 0 atom stereocenters. The van der Waals surface area contributed by atoms with Crippen molar-refractivity contribution in [3.05, 3.63) is 65.7 Å². The summed E-state index contributed by atoms with van der Waals surface area (Å²) in [7, 11) is 0. The number of para-hydroxylation sites is 2. The van der Waals surface area contributed by atoms with Crippen LogP contribution in [-0.2, 0) is 0 Å². The Bertz CT molecular complexity index is 1020. The van der Waals surface area contributed by atoms with Gasteiger partial charge in [-0.2, -0.15) is 5.26 Å². The van der Waals surface area contributed by atoms with E-state index in [0.717, 1.165) is 33.1 Å². The van der Waals surface area contributed by atoms with Crippen molar-refractivity contribution in [3.63, 3.8) is 0 Å². The minimum atomic E-state index is 0.767. The molecule has 0 spiro atoms. The largest absolute Gasteiger partial charge is 0.308 e. The average Bonchev–Trinajstić information content (AvgIpc) is 2.83. The van der Waals surface area contributed by atoms with Crippen molar-refractivity contribution in [2.24, 2.45) is 0 Å². The van der Waals surface area contributed by atoms with Crippen LogP contribution in [0.5, 0.6) is 0 Å². The van der Waals surface area contributed by atoms with Crippen LogP contribution in [0.15, 0.2) is 54.6 Å². The fraction of sp³-hybridized carbons (Fsp3) is 0.0556. The Balaban J connectivity index is 2.46. The predicted molar refractivity (Wildman–Crippen MR) is 81.9 cm³/mol. The van der Waals surface area contributed by atoms with E-state index in [9.17, 15) is 5.26 Å². The van der Waals surface area contributed by atoms with Gasteiger partial charge in [-0.1, -0.05) is 36.4 Å². The number of hydrogen-bond acceptors (Lipinski definition) is 1. The van der Waals surface area contributed by atoms with Crippen LogP contribution in [-0.4, -0.2) is 4.40 Å². The zero-order chi connectivity index (χ0) is 13.7. The molecule has 4 aromatic rings. The van der Waals surface area contributed by atoms with Gasteiger partial charge in [0.25, 0.3) is 0 Å². The molecule has 0 saturated carbocycles. The van der Waals surface area contributed by atoms with E-state index in [-0.39, 0.29) is 0 Å². The molecule has 20 heavy (non-hydrogen) atoms. The SMILES string of the molecule is Cc1cc2ccccc2n2c1c(C#N)c1ccccc12. The molecule has 4 rings (SSSR count). The van der Waals surface area contributed by atoms with Crippen LogP contribution in [0.2, 0.25) is 0 Å². The first-order chi connectivity index (χ1) is 9.81. The van der Waals surface area contributed by atoms with Crippen LogP contribution >= 0.6 is 0 Å². The van der Waals surface area contributed by atoms with Gasteiger partial charge in [-0.15, -0.1) is 0 Å². The van der Waals surface area contributed by atoms with Gasteiger partial charge in [0.1, 0.15) is 6.07 Å². The average molecular weight is 256 g/mol. The summed E-state index contributed by atoms with van der Waals surface area (Å²) in [4.78, 5) is 0. The summed E-state index contributed by atoms with van der Waals surface area (Å²) in [5, 5.41) is 11.8. The van der Waals surface area contributed by atoms with Crippen molar-refractivity contribution in [2.75, 3.05) is 0 Å². The minimum absolute atomic E-state index is 0.767. The van der Waals surface area contributed by atoms with E-state index < -0.39 is 0 Å². The molecule has 0 unspecified atom stereocenters. The second-order valence-electron chi connectivity index (χ2n) is 5.07. The third-order valence-electron chi connectivity index (χ3n) is 3.91. The molecule has 0 saturated heterocycles. The lowest BCUT2D eigenvalue weighted by atomic mass is 10.1. The first-order valence-corrected chi connectivity index (χ1v) is 6.63. The summed E-state index contributed by atoms with van der Waals surface area (Å²) in [6.07, 6.45) is 0. The lowest BCUT2D eigenvalue weighted by Gasteiger charge is -2.07. The fourth-order valence-corrected chi connectivity index (χ4v) is 3.09. The molecular weight excluding hydrogens is 244 g/mol. The van der Waals surface area contributed by atoms with Crippen LogP contribution in [0.25, 0.3) is 27.3 Å². The van der Waals surface area contributed by atoms with E-state index in [2.05, 4.69) is 41.7 Å². The number of hydrogen-bond donors (Lipinski definition) is 0. The van der Waals surface area contributed by atoms with Gasteiger partial charge in [-0.3, -0.25) is 0 Å². The van der Waals surface area contributed by atoms with Crippen LogP contribution in [0, 0.1) is 18.3 Å². The second-order valence-corrected chi connectivity index (χ2v) is 5.07. The maximum Gasteiger partial charge on any atom is 0.102 e. The number of benzene rings is 2. The number of aromatic nitrogens is 1. The third-order valence-corrected chi connectivity index (χ3v) is 3.91. The van der Waals surface area contributed by atoms with Crippen molar-refractivity contribution in [2.45, 2.75) is 6.92 Å². The molecule has 2 heterocycles. The molecule has 0 radical (unpaired) electrons. The standard InChI is InChI=1S/C18H12N2/c1-12-10-13-6-2-4-8-16(13)20-17-9-5-3-7-14(17)15(11-19)18(12)20/h2-10H,1H3. The van der Waals surface area contributed by atoms with E-state index in [0.29, 0.717) is 0 Å². The van der Waals surface area contributed by atoms with Gasteiger partial charge in [-0.25, -0.2) is 0 Å². The monoisotopic (exact) mass is 256 g/mol. The predicted octanol–water partition coefficient (Wildman–Crippen LogP) is 4.43. The van der Waals surface area contributed by atoms with Gasteiger partial charge in [-0.05, 0) is 36.1 Å². The zero-order valence-electron chi connectivity index (χ0n) is 11.1. The lowest BCUT2D eigenvalue weighted by Crippen LogP contribution is -1.91. The first kappa shape index (κ1) is 11.1. The normalized spacial score (nSPS) is 11.2. The highest BCUT2D eigenvalue weighted by atomic mass is 14.9. The lowest BCUT2D eigenvalue weighted by molar-refractivity contribution is 1.29. The van der Waals surface area contributed by atoms with Crippen molar-refractivity contribution in [1.82, 2.24) is 4.40 Å². The maximum atomic E-state index is 9.56. The van der Waals surface area contributed by atoms with Gasteiger partial charge in [0.15, 0.2) is 0 Å².